The maximum absolute atomic E-state index is 12.4. The molecule has 0 spiro atoms. The van der Waals surface area contributed by atoms with Crippen molar-refractivity contribution in [3.8, 4) is 0 Å². The summed E-state index contributed by atoms with van der Waals surface area (Å²) in [5.74, 6) is -0.231. The molecule has 0 radical (unpaired) electrons. The molecule has 2 heterocycles. The van der Waals surface area contributed by atoms with Crippen molar-refractivity contribution >= 4 is 61.4 Å². The maximum atomic E-state index is 12.4. The molecule has 2 aromatic carbocycles. The normalized spacial score (nSPS) is 21.5. The summed E-state index contributed by atoms with van der Waals surface area (Å²) in [6, 6.07) is 13.2. The van der Waals surface area contributed by atoms with E-state index >= 15 is 0 Å². The SMILES string of the molecule is CC(=O)c1cccc(N2C(SCC(=O)Nc3cccc(Cl)c3)=N[C@H]3CS(=O)(=O)C[C@@H]32)c1. The van der Waals surface area contributed by atoms with Crippen molar-refractivity contribution in [3.63, 3.8) is 0 Å². The van der Waals surface area contributed by atoms with E-state index in [-0.39, 0.29) is 41.0 Å². The number of thioether (sulfide) groups is 1. The van der Waals surface area contributed by atoms with E-state index in [0.29, 0.717) is 27.1 Å². The third-order valence-corrected chi connectivity index (χ3v) is 7.98. The zero-order valence-electron chi connectivity index (χ0n) is 16.6. The number of halogens is 1. The number of amidine groups is 1. The summed E-state index contributed by atoms with van der Waals surface area (Å²) in [5, 5.41) is 3.89. The van der Waals surface area contributed by atoms with Crippen LogP contribution in [0.4, 0.5) is 11.4 Å². The molecule has 0 aromatic heterocycles. The molecule has 31 heavy (non-hydrogen) atoms. The van der Waals surface area contributed by atoms with Gasteiger partial charge in [-0.1, -0.05) is 41.6 Å². The number of fused-ring (bicyclic) bond motifs is 1. The number of anilines is 2. The molecule has 2 aliphatic heterocycles. The lowest BCUT2D eigenvalue weighted by molar-refractivity contribution is -0.113. The topological polar surface area (TPSA) is 95.9 Å². The summed E-state index contributed by atoms with van der Waals surface area (Å²) in [7, 11) is -3.19. The number of hydrogen-bond acceptors (Lipinski definition) is 7. The van der Waals surface area contributed by atoms with Crippen molar-refractivity contribution in [1.29, 1.82) is 0 Å². The van der Waals surface area contributed by atoms with Crippen LogP contribution in [0.2, 0.25) is 5.02 Å². The van der Waals surface area contributed by atoms with Gasteiger partial charge in [0.1, 0.15) is 0 Å². The van der Waals surface area contributed by atoms with Gasteiger partial charge in [-0.25, -0.2) is 8.42 Å². The summed E-state index contributed by atoms with van der Waals surface area (Å²) >= 11 is 7.19. The van der Waals surface area contributed by atoms with Crippen molar-refractivity contribution < 1.29 is 18.0 Å². The minimum atomic E-state index is -3.19. The summed E-state index contributed by atoms with van der Waals surface area (Å²) in [4.78, 5) is 30.7. The molecule has 0 bridgehead atoms. The van der Waals surface area contributed by atoms with Crippen molar-refractivity contribution in [2.75, 3.05) is 27.5 Å². The van der Waals surface area contributed by atoms with Gasteiger partial charge in [-0.2, -0.15) is 0 Å². The van der Waals surface area contributed by atoms with Crippen molar-refractivity contribution in [1.82, 2.24) is 0 Å². The number of Topliss-reactive ketones (excluding diaryl/α,β-unsaturated/α-hetero) is 1. The van der Waals surface area contributed by atoms with Crippen LogP contribution >= 0.6 is 23.4 Å². The van der Waals surface area contributed by atoms with Gasteiger partial charge >= 0.3 is 0 Å². The first-order valence-electron chi connectivity index (χ1n) is 9.58. The van der Waals surface area contributed by atoms with Crippen LogP contribution < -0.4 is 10.2 Å². The predicted octanol–water partition coefficient (Wildman–Crippen LogP) is 3.26. The van der Waals surface area contributed by atoms with E-state index in [1.807, 2.05) is 11.0 Å². The number of aliphatic imine (C=N–C) groups is 1. The van der Waals surface area contributed by atoms with Crippen LogP contribution in [0.25, 0.3) is 0 Å². The van der Waals surface area contributed by atoms with Gasteiger partial charge in [-0.15, -0.1) is 0 Å². The van der Waals surface area contributed by atoms with Gasteiger partial charge in [0, 0.05) is 22.0 Å². The number of ketones is 1. The monoisotopic (exact) mass is 477 g/mol. The number of nitrogens with zero attached hydrogens (tertiary/aromatic N) is 2. The van der Waals surface area contributed by atoms with Crippen LogP contribution in [0.5, 0.6) is 0 Å². The molecule has 162 valence electrons. The minimum absolute atomic E-state index is 0.00969. The van der Waals surface area contributed by atoms with Gasteiger partial charge in [0.15, 0.2) is 20.8 Å². The first-order chi connectivity index (χ1) is 14.7. The van der Waals surface area contributed by atoms with E-state index in [1.54, 1.807) is 42.5 Å². The highest BCUT2D eigenvalue weighted by Crippen LogP contribution is 2.35. The lowest BCUT2D eigenvalue weighted by atomic mass is 10.1. The number of amides is 1. The third-order valence-electron chi connectivity index (χ3n) is 5.08. The first-order valence-corrected chi connectivity index (χ1v) is 12.8. The lowest BCUT2D eigenvalue weighted by Gasteiger charge is -2.26. The molecule has 2 aromatic rings. The van der Waals surface area contributed by atoms with Gasteiger partial charge < -0.3 is 10.2 Å². The molecule has 0 unspecified atom stereocenters. The second-order valence-corrected chi connectivity index (χ2v) is 11.0. The zero-order chi connectivity index (χ0) is 22.2. The van der Waals surface area contributed by atoms with E-state index in [9.17, 15) is 18.0 Å². The Morgan fingerprint density at radius 2 is 1.97 bits per heavy atom. The Bertz CT molecular complexity index is 1180. The van der Waals surface area contributed by atoms with Crippen molar-refractivity contribution in [3.05, 3.63) is 59.1 Å². The molecule has 1 amide bonds. The van der Waals surface area contributed by atoms with Gasteiger partial charge in [0.2, 0.25) is 5.91 Å². The second kappa shape index (κ2) is 8.64. The summed E-state index contributed by atoms with van der Waals surface area (Å²) in [5.41, 5.74) is 1.82. The Hall–Kier alpha value is -2.36. The number of benzene rings is 2. The van der Waals surface area contributed by atoms with E-state index in [4.69, 9.17) is 11.6 Å². The number of carbonyl (C=O) groups is 2. The van der Waals surface area contributed by atoms with Crippen molar-refractivity contribution in [2.24, 2.45) is 4.99 Å². The fourth-order valence-electron chi connectivity index (χ4n) is 3.70. The summed E-state index contributed by atoms with van der Waals surface area (Å²) in [6.45, 7) is 1.48. The average molecular weight is 478 g/mol. The van der Waals surface area contributed by atoms with Gasteiger partial charge in [0.05, 0.1) is 29.3 Å². The van der Waals surface area contributed by atoms with Gasteiger partial charge in [-0.3, -0.25) is 14.6 Å². The fourth-order valence-corrected chi connectivity index (χ4v) is 6.66. The molecule has 0 saturated carbocycles. The molecule has 2 atom stereocenters. The van der Waals surface area contributed by atoms with E-state index in [0.717, 1.165) is 0 Å². The highest BCUT2D eigenvalue weighted by molar-refractivity contribution is 8.14. The molecule has 10 heteroatoms. The highest BCUT2D eigenvalue weighted by atomic mass is 35.5. The van der Waals surface area contributed by atoms with E-state index in [2.05, 4.69) is 10.3 Å². The van der Waals surface area contributed by atoms with Crippen LogP contribution in [-0.4, -0.2) is 54.6 Å². The van der Waals surface area contributed by atoms with Crippen LogP contribution in [-0.2, 0) is 14.6 Å². The Balaban J connectivity index is 1.54. The Kier molecular flexibility index (Phi) is 6.09. The number of nitrogens with one attached hydrogen (secondary N) is 1. The molecule has 7 nitrogen and oxygen atoms in total. The number of sulfone groups is 1. The minimum Gasteiger partial charge on any atom is -0.325 e. The van der Waals surface area contributed by atoms with E-state index < -0.39 is 9.84 Å². The van der Waals surface area contributed by atoms with Gasteiger partial charge in [-0.05, 0) is 37.3 Å². The standard InChI is InChI=1S/C21H20ClN3O4S2/c1-13(26)14-4-2-7-17(8-14)25-19-12-31(28,29)11-18(19)24-21(25)30-10-20(27)23-16-6-3-5-15(22)9-16/h2-9,18-19H,10-12H2,1H3,(H,23,27)/t18-,19-/m0/s1. The zero-order valence-corrected chi connectivity index (χ0v) is 19.0. The second-order valence-electron chi connectivity index (χ2n) is 7.45. The quantitative estimate of drug-likeness (QED) is 0.664. The first kappa shape index (κ1) is 21.9. The molecule has 1 fully saturated rings. The Morgan fingerprint density at radius 1 is 1.19 bits per heavy atom. The molecular formula is C21H20ClN3O4S2. The Morgan fingerprint density at radius 3 is 2.71 bits per heavy atom. The highest BCUT2D eigenvalue weighted by Gasteiger charge is 2.47. The average Bonchev–Trinajstić information content (AvgIpc) is 3.17. The smallest absolute Gasteiger partial charge is 0.234 e. The molecule has 2 aliphatic rings. The molecule has 4 rings (SSSR count). The number of rotatable bonds is 5. The predicted molar refractivity (Wildman–Crippen MR) is 125 cm³/mol. The molecule has 0 aliphatic carbocycles. The van der Waals surface area contributed by atoms with Crippen molar-refractivity contribution in [2.45, 2.75) is 19.0 Å². The van der Waals surface area contributed by atoms with Crippen LogP contribution in [0.3, 0.4) is 0 Å². The van der Waals surface area contributed by atoms with Gasteiger partial charge in [0.25, 0.3) is 0 Å². The summed E-state index contributed by atoms with van der Waals surface area (Å²) in [6.07, 6.45) is 0. The number of hydrogen-bond donors (Lipinski definition) is 1. The van der Waals surface area contributed by atoms with Crippen LogP contribution in [0, 0.1) is 0 Å². The molecular weight excluding hydrogens is 458 g/mol. The maximum Gasteiger partial charge on any atom is 0.234 e. The summed E-state index contributed by atoms with van der Waals surface area (Å²) < 4.78 is 24.3. The Labute approximate surface area is 189 Å². The fraction of sp³-hybridized carbons (Fsp3) is 0.286. The lowest BCUT2D eigenvalue weighted by Crippen LogP contribution is -2.39. The number of carbonyl (C=O) groups excluding carboxylic acids is 2. The largest absolute Gasteiger partial charge is 0.325 e. The van der Waals surface area contributed by atoms with E-state index in [1.165, 1.54) is 18.7 Å². The van der Waals surface area contributed by atoms with Crippen LogP contribution in [0.1, 0.15) is 17.3 Å². The third kappa shape index (κ3) is 4.94. The van der Waals surface area contributed by atoms with Crippen LogP contribution in [0.15, 0.2) is 53.5 Å². The molecule has 1 N–H and O–H groups in total. The molecule has 1 saturated heterocycles.